The smallest absolute Gasteiger partial charge is 0.0471 e. The van der Waals surface area contributed by atoms with Gasteiger partial charge in [-0.25, -0.2) is 0 Å². The largest absolute Gasteiger partial charge is 0.329 e. The summed E-state index contributed by atoms with van der Waals surface area (Å²) in [5, 5.41) is 0. The highest BCUT2D eigenvalue weighted by atomic mass is 15.3. The molecule has 0 aromatic heterocycles. The molecule has 18 heavy (non-hydrogen) atoms. The molecule has 3 heterocycles. The van der Waals surface area contributed by atoms with Crippen LogP contribution in [-0.2, 0) is 0 Å². The second kappa shape index (κ2) is 5.08. The maximum atomic E-state index is 6.17. The number of fused-ring (bicyclic) bond motifs is 1. The van der Waals surface area contributed by atoms with Crippen molar-refractivity contribution in [1.29, 1.82) is 0 Å². The van der Waals surface area contributed by atoms with E-state index in [-0.39, 0.29) is 5.54 Å². The molecular weight excluding hydrogens is 224 g/mol. The average molecular weight is 252 g/mol. The Morgan fingerprint density at radius 1 is 1.17 bits per heavy atom. The van der Waals surface area contributed by atoms with Crippen molar-refractivity contribution in [1.82, 2.24) is 14.7 Å². The lowest BCUT2D eigenvalue weighted by Crippen LogP contribution is -2.57. The van der Waals surface area contributed by atoms with E-state index in [2.05, 4.69) is 21.7 Å². The molecule has 0 aromatic carbocycles. The first kappa shape index (κ1) is 12.9. The van der Waals surface area contributed by atoms with Gasteiger partial charge < -0.3 is 10.6 Å². The number of hydrogen-bond acceptors (Lipinski definition) is 4. The highest BCUT2D eigenvalue weighted by Crippen LogP contribution is 2.30. The van der Waals surface area contributed by atoms with Gasteiger partial charge in [-0.3, -0.25) is 9.80 Å². The van der Waals surface area contributed by atoms with Gasteiger partial charge in [-0.15, -0.1) is 0 Å². The fourth-order valence-electron chi connectivity index (χ4n) is 4.25. The molecule has 3 fully saturated rings. The molecule has 104 valence electrons. The van der Waals surface area contributed by atoms with E-state index in [0.717, 1.165) is 19.1 Å². The lowest BCUT2D eigenvalue weighted by molar-refractivity contribution is 0.0918. The standard InChI is InChI=1S/C14H28N4/c1-16-9-5-14(11-15,12-16)18-8-3-7-17-6-2-4-13(17)10-18/h13H,2-12,15H2,1H3. The summed E-state index contributed by atoms with van der Waals surface area (Å²) < 4.78 is 0. The molecule has 0 saturated carbocycles. The van der Waals surface area contributed by atoms with Gasteiger partial charge in [-0.05, 0) is 52.4 Å². The normalized spacial score (nSPS) is 40.0. The quantitative estimate of drug-likeness (QED) is 0.761. The molecule has 3 aliphatic heterocycles. The number of rotatable bonds is 2. The number of likely N-dealkylation sites (N-methyl/N-ethyl adjacent to an activating group) is 1. The molecule has 0 aliphatic carbocycles. The van der Waals surface area contributed by atoms with Crippen molar-refractivity contribution in [2.45, 2.75) is 37.3 Å². The van der Waals surface area contributed by atoms with Gasteiger partial charge in [0.15, 0.2) is 0 Å². The fourth-order valence-corrected chi connectivity index (χ4v) is 4.25. The SMILES string of the molecule is CN1CCC(CN)(N2CCCN3CCCC3C2)C1. The first-order valence-electron chi connectivity index (χ1n) is 7.61. The molecule has 3 saturated heterocycles. The van der Waals surface area contributed by atoms with Gasteiger partial charge in [0.25, 0.3) is 0 Å². The summed E-state index contributed by atoms with van der Waals surface area (Å²) in [6.45, 7) is 8.33. The van der Waals surface area contributed by atoms with Crippen LogP contribution in [-0.4, -0.2) is 79.1 Å². The molecule has 0 radical (unpaired) electrons. The topological polar surface area (TPSA) is 35.7 Å². The number of hydrogen-bond donors (Lipinski definition) is 1. The Morgan fingerprint density at radius 3 is 2.72 bits per heavy atom. The van der Waals surface area contributed by atoms with Crippen LogP contribution in [0.3, 0.4) is 0 Å². The van der Waals surface area contributed by atoms with Crippen LogP contribution >= 0.6 is 0 Å². The van der Waals surface area contributed by atoms with Crippen molar-refractivity contribution in [3.8, 4) is 0 Å². The van der Waals surface area contributed by atoms with Crippen molar-refractivity contribution in [2.75, 3.05) is 52.9 Å². The van der Waals surface area contributed by atoms with Crippen LogP contribution < -0.4 is 5.73 Å². The Balaban J connectivity index is 1.74. The molecule has 0 spiro atoms. The summed E-state index contributed by atoms with van der Waals surface area (Å²) in [4.78, 5) is 7.90. The van der Waals surface area contributed by atoms with Crippen molar-refractivity contribution in [3.63, 3.8) is 0 Å². The predicted molar refractivity (Wildman–Crippen MR) is 74.7 cm³/mol. The molecule has 2 unspecified atom stereocenters. The second-order valence-electron chi connectivity index (χ2n) is 6.55. The molecule has 2 atom stereocenters. The third-order valence-corrected chi connectivity index (χ3v) is 5.38. The average Bonchev–Trinajstić information content (AvgIpc) is 2.92. The molecular formula is C14H28N4. The van der Waals surface area contributed by atoms with Crippen LogP contribution in [0.25, 0.3) is 0 Å². The first-order chi connectivity index (χ1) is 8.73. The van der Waals surface area contributed by atoms with Crippen LogP contribution in [0.4, 0.5) is 0 Å². The molecule has 4 heteroatoms. The van der Waals surface area contributed by atoms with Crippen molar-refractivity contribution in [3.05, 3.63) is 0 Å². The van der Waals surface area contributed by atoms with Crippen molar-refractivity contribution in [2.24, 2.45) is 5.73 Å². The zero-order valence-electron chi connectivity index (χ0n) is 11.8. The third kappa shape index (κ3) is 2.20. The van der Waals surface area contributed by atoms with Gasteiger partial charge in [0, 0.05) is 37.8 Å². The zero-order valence-corrected chi connectivity index (χ0v) is 11.8. The number of nitrogens with zero attached hydrogens (tertiary/aromatic N) is 3. The van der Waals surface area contributed by atoms with Crippen LogP contribution in [0.5, 0.6) is 0 Å². The van der Waals surface area contributed by atoms with Gasteiger partial charge in [-0.2, -0.15) is 0 Å². The summed E-state index contributed by atoms with van der Waals surface area (Å²) in [6.07, 6.45) is 5.37. The molecule has 3 aliphatic rings. The lowest BCUT2D eigenvalue weighted by Gasteiger charge is -2.41. The number of nitrogens with two attached hydrogens (primary N) is 1. The van der Waals surface area contributed by atoms with Crippen molar-refractivity contribution < 1.29 is 0 Å². The third-order valence-electron chi connectivity index (χ3n) is 5.38. The van der Waals surface area contributed by atoms with Gasteiger partial charge in [0.2, 0.25) is 0 Å². The fraction of sp³-hybridized carbons (Fsp3) is 1.00. The number of likely N-dealkylation sites (tertiary alicyclic amines) is 1. The van der Waals surface area contributed by atoms with Crippen LogP contribution in [0, 0.1) is 0 Å². The van der Waals surface area contributed by atoms with Crippen LogP contribution in [0.1, 0.15) is 25.7 Å². The second-order valence-corrected chi connectivity index (χ2v) is 6.55. The van der Waals surface area contributed by atoms with E-state index in [0.29, 0.717) is 0 Å². The first-order valence-corrected chi connectivity index (χ1v) is 7.61. The lowest BCUT2D eigenvalue weighted by atomic mass is 9.95. The maximum absolute atomic E-state index is 6.17. The van der Waals surface area contributed by atoms with Gasteiger partial charge in [0.1, 0.15) is 0 Å². The molecule has 4 nitrogen and oxygen atoms in total. The summed E-state index contributed by atoms with van der Waals surface area (Å²) in [5.74, 6) is 0. The molecule has 2 N–H and O–H groups in total. The van der Waals surface area contributed by atoms with E-state index in [1.54, 1.807) is 0 Å². The van der Waals surface area contributed by atoms with Gasteiger partial charge in [0.05, 0.1) is 0 Å². The highest BCUT2D eigenvalue weighted by Gasteiger charge is 2.43. The highest BCUT2D eigenvalue weighted by molar-refractivity contribution is 5.01. The maximum Gasteiger partial charge on any atom is 0.0471 e. The molecule has 0 amide bonds. The summed E-state index contributed by atoms with van der Waals surface area (Å²) in [5.41, 5.74) is 6.44. The van der Waals surface area contributed by atoms with E-state index in [4.69, 9.17) is 5.73 Å². The minimum Gasteiger partial charge on any atom is -0.329 e. The van der Waals surface area contributed by atoms with Crippen molar-refractivity contribution >= 4 is 0 Å². The Labute approximate surface area is 111 Å². The molecule has 0 aromatic rings. The summed E-state index contributed by atoms with van der Waals surface area (Å²) in [6, 6.07) is 0.807. The Kier molecular flexibility index (Phi) is 3.63. The van der Waals surface area contributed by atoms with Crippen LogP contribution in [0.2, 0.25) is 0 Å². The van der Waals surface area contributed by atoms with E-state index >= 15 is 0 Å². The minimum atomic E-state index is 0.271. The van der Waals surface area contributed by atoms with E-state index in [1.165, 1.54) is 58.4 Å². The Hall–Kier alpha value is -0.160. The summed E-state index contributed by atoms with van der Waals surface area (Å²) >= 11 is 0. The van der Waals surface area contributed by atoms with E-state index < -0.39 is 0 Å². The van der Waals surface area contributed by atoms with E-state index in [1.807, 2.05) is 0 Å². The minimum absolute atomic E-state index is 0.271. The Morgan fingerprint density at radius 2 is 2.00 bits per heavy atom. The summed E-state index contributed by atoms with van der Waals surface area (Å²) in [7, 11) is 2.23. The molecule has 3 rings (SSSR count). The van der Waals surface area contributed by atoms with Gasteiger partial charge >= 0.3 is 0 Å². The van der Waals surface area contributed by atoms with Crippen LogP contribution in [0.15, 0.2) is 0 Å². The predicted octanol–water partition coefficient (Wildman–Crippen LogP) is 0.190. The van der Waals surface area contributed by atoms with E-state index in [9.17, 15) is 0 Å². The molecule has 0 bridgehead atoms. The zero-order chi connectivity index (χ0) is 12.6. The monoisotopic (exact) mass is 252 g/mol. The van der Waals surface area contributed by atoms with Gasteiger partial charge in [-0.1, -0.05) is 0 Å². The Bertz CT molecular complexity index is 296.